The van der Waals surface area contributed by atoms with Crippen LogP contribution in [-0.4, -0.2) is 55.0 Å². The van der Waals surface area contributed by atoms with Crippen LogP contribution in [0.1, 0.15) is 21.5 Å². The number of nitrogens with zero attached hydrogens (tertiary/aromatic N) is 3. The van der Waals surface area contributed by atoms with Crippen LogP contribution in [-0.2, 0) is 22.5 Å². The van der Waals surface area contributed by atoms with Crippen LogP contribution in [0.2, 0.25) is 0 Å². The molecule has 3 aromatic rings. The maximum atomic E-state index is 12.9. The Kier molecular flexibility index (Phi) is 7.92. The molecule has 1 amide bonds. The van der Waals surface area contributed by atoms with Crippen molar-refractivity contribution < 1.29 is 19.2 Å². The molecule has 9 nitrogen and oxygen atoms in total. The van der Waals surface area contributed by atoms with Gasteiger partial charge < -0.3 is 15.0 Å². The van der Waals surface area contributed by atoms with Gasteiger partial charge in [-0.15, -0.1) is 0 Å². The largest absolute Gasteiger partial charge is 0.465 e. The molecular weight excluding hydrogens is 460 g/mol. The van der Waals surface area contributed by atoms with E-state index in [9.17, 15) is 19.7 Å². The van der Waals surface area contributed by atoms with E-state index in [4.69, 9.17) is 4.74 Å². The first-order chi connectivity index (χ1) is 17.4. The van der Waals surface area contributed by atoms with Crippen molar-refractivity contribution >= 4 is 28.9 Å². The number of ether oxygens (including phenoxy) is 1. The van der Waals surface area contributed by atoms with Gasteiger partial charge in [0, 0.05) is 44.9 Å². The third kappa shape index (κ3) is 6.25. The first-order valence-corrected chi connectivity index (χ1v) is 11.7. The zero-order valence-corrected chi connectivity index (χ0v) is 20.1. The van der Waals surface area contributed by atoms with Crippen LogP contribution in [0.5, 0.6) is 0 Å². The number of carbonyl (C=O) groups is 2. The van der Waals surface area contributed by atoms with Crippen LogP contribution in [0.25, 0.3) is 0 Å². The Balaban J connectivity index is 1.46. The van der Waals surface area contributed by atoms with E-state index in [2.05, 4.69) is 27.2 Å². The molecule has 0 aliphatic carbocycles. The molecule has 1 aliphatic rings. The molecule has 1 saturated heterocycles. The zero-order chi connectivity index (χ0) is 25.5. The minimum Gasteiger partial charge on any atom is -0.465 e. The standard InChI is InChI=1S/C27H28N4O5/c1-36-27(33)22-9-12-25(30-15-13-29(14-16-30)19-21-5-3-2-4-6-21)24(18-22)28-26(32)17-20-7-10-23(11-8-20)31(34)35/h2-12,18H,13-17,19H2,1H3,(H,28,32). The van der Waals surface area contributed by atoms with Crippen molar-refractivity contribution in [2.45, 2.75) is 13.0 Å². The summed E-state index contributed by atoms with van der Waals surface area (Å²) in [6, 6.07) is 21.4. The highest BCUT2D eigenvalue weighted by Gasteiger charge is 2.21. The van der Waals surface area contributed by atoms with E-state index in [1.54, 1.807) is 24.3 Å². The number of hydrogen-bond donors (Lipinski definition) is 1. The highest BCUT2D eigenvalue weighted by Crippen LogP contribution is 2.29. The first-order valence-electron chi connectivity index (χ1n) is 11.7. The summed E-state index contributed by atoms with van der Waals surface area (Å²) in [4.78, 5) is 40.0. The van der Waals surface area contributed by atoms with Crippen molar-refractivity contribution in [3.63, 3.8) is 0 Å². The molecule has 1 heterocycles. The number of nitrogens with one attached hydrogen (secondary N) is 1. The fraction of sp³-hybridized carbons (Fsp3) is 0.259. The summed E-state index contributed by atoms with van der Waals surface area (Å²) in [7, 11) is 1.31. The number of piperazine rings is 1. The smallest absolute Gasteiger partial charge is 0.337 e. The van der Waals surface area contributed by atoms with Crippen molar-refractivity contribution in [3.8, 4) is 0 Å². The lowest BCUT2D eigenvalue weighted by Gasteiger charge is -2.37. The topological polar surface area (TPSA) is 105 Å². The SMILES string of the molecule is COC(=O)c1ccc(N2CCN(Cc3ccccc3)CC2)c(NC(=O)Cc2ccc([N+](=O)[O-])cc2)c1. The fourth-order valence-electron chi connectivity index (χ4n) is 4.26. The van der Waals surface area contributed by atoms with Crippen LogP contribution >= 0.6 is 0 Å². The number of benzene rings is 3. The Labute approximate surface area is 209 Å². The summed E-state index contributed by atoms with van der Waals surface area (Å²) >= 11 is 0. The van der Waals surface area contributed by atoms with Gasteiger partial charge in [-0.05, 0) is 29.3 Å². The van der Waals surface area contributed by atoms with Gasteiger partial charge in [0.25, 0.3) is 5.69 Å². The summed E-state index contributed by atoms with van der Waals surface area (Å²) in [5.74, 6) is -0.769. The number of amides is 1. The average Bonchev–Trinajstić information content (AvgIpc) is 2.89. The Morgan fingerprint density at radius 3 is 2.28 bits per heavy atom. The lowest BCUT2D eigenvalue weighted by Crippen LogP contribution is -2.46. The van der Waals surface area contributed by atoms with Crippen molar-refractivity contribution in [2.75, 3.05) is 43.5 Å². The molecule has 186 valence electrons. The Bertz CT molecular complexity index is 1220. The molecule has 0 saturated carbocycles. The summed E-state index contributed by atoms with van der Waals surface area (Å²) in [6.45, 7) is 4.16. The lowest BCUT2D eigenvalue weighted by atomic mass is 10.1. The molecular formula is C27H28N4O5. The van der Waals surface area contributed by atoms with Gasteiger partial charge in [-0.25, -0.2) is 4.79 Å². The van der Waals surface area contributed by atoms with E-state index in [0.29, 0.717) is 16.8 Å². The van der Waals surface area contributed by atoms with Crippen LogP contribution in [0, 0.1) is 10.1 Å². The highest BCUT2D eigenvalue weighted by atomic mass is 16.6. The van der Waals surface area contributed by atoms with Crippen molar-refractivity contribution in [1.82, 2.24) is 4.90 Å². The number of non-ortho nitro benzene ring substituents is 1. The van der Waals surface area contributed by atoms with Gasteiger partial charge >= 0.3 is 5.97 Å². The van der Waals surface area contributed by atoms with E-state index in [1.807, 2.05) is 24.3 Å². The molecule has 9 heteroatoms. The minimum atomic E-state index is -0.486. The Morgan fingerprint density at radius 2 is 1.64 bits per heavy atom. The van der Waals surface area contributed by atoms with Gasteiger partial charge in [0.15, 0.2) is 0 Å². The third-order valence-corrected chi connectivity index (χ3v) is 6.17. The average molecular weight is 489 g/mol. The number of nitro groups is 1. The van der Waals surface area contributed by atoms with Crippen molar-refractivity contribution in [3.05, 3.63) is 99.6 Å². The van der Waals surface area contributed by atoms with Crippen LogP contribution in [0.15, 0.2) is 72.8 Å². The molecule has 0 aromatic heterocycles. The number of anilines is 2. The fourth-order valence-corrected chi connectivity index (χ4v) is 4.26. The molecule has 36 heavy (non-hydrogen) atoms. The van der Waals surface area contributed by atoms with E-state index >= 15 is 0 Å². The van der Waals surface area contributed by atoms with Crippen LogP contribution in [0.3, 0.4) is 0 Å². The summed E-state index contributed by atoms with van der Waals surface area (Å²) in [6.07, 6.45) is 0.0464. The van der Waals surface area contributed by atoms with Gasteiger partial charge in [0.2, 0.25) is 5.91 Å². The van der Waals surface area contributed by atoms with Gasteiger partial charge in [-0.2, -0.15) is 0 Å². The molecule has 0 bridgehead atoms. The Hall–Kier alpha value is -4.24. The molecule has 1 N–H and O–H groups in total. The number of esters is 1. The predicted molar refractivity (Wildman–Crippen MR) is 137 cm³/mol. The van der Waals surface area contributed by atoms with Crippen LogP contribution in [0.4, 0.5) is 17.1 Å². The van der Waals surface area contributed by atoms with E-state index < -0.39 is 10.9 Å². The number of hydrogen-bond acceptors (Lipinski definition) is 7. The van der Waals surface area contributed by atoms with E-state index in [1.165, 1.54) is 24.8 Å². The molecule has 3 aromatic carbocycles. The monoisotopic (exact) mass is 488 g/mol. The lowest BCUT2D eigenvalue weighted by molar-refractivity contribution is -0.384. The molecule has 0 spiro atoms. The number of methoxy groups -OCH3 is 1. The van der Waals surface area contributed by atoms with Gasteiger partial charge in [-0.1, -0.05) is 42.5 Å². The number of rotatable bonds is 8. The third-order valence-electron chi connectivity index (χ3n) is 6.17. The van der Waals surface area contributed by atoms with Crippen LogP contribution < -0.4 is 10.2 Å². The summed E-state index contributed by atoms with van der Waals surface area (Å²) < 4.78 is 4.85. The molecule has 1 aliphatic heterocycles. The second-order valence-electron chi connectivity index (χ2n) is 8.62. The number of nitro benzene ring substituents is 1. The minimum absolute atomic E-state index is 0.0290. The first kappa shape index (κ1) is 24.9. The molecule has 0 radical (unpaired) electrons. The van der Waals surface area contributed by atoms with Gasteiger partial charge in [0.05, 0.1) is 35.4 Å². The van der Waals surface area contributed by atoms with Gasteiger partial charge in [0.1, 0.15) is 0 Å². The summed E-state index contributed by atoms with van der Waals surface area (Å²) in [5.41, 5.74) is 3.60. The second kappa shape index (κ2) is 11.5. The normalized spacial score (nSPS) is 13.8. The van der Waals surface area contributed by atoms with Crippen molar-refractivity contribution in [1.29, 1.82) is 0 Å². The molecule has 4 rings (SSSR count). The molecule has 1 fully saturated rings. The maximum absolute atomic E-state index is 12.9. The van der Waals surface area contributed by atoms with Crippen molar-refractivity contribution in [2.24, 2.45) is 0 Å². The van der Waals surface area contributed by atoms with E-state index in [-0.39, 0.29) is 18.0 Å². The molecule has 0 unspecified atom stereocenters. The Morgan fingerprint density at radius 1 is 0.944 bits per heavy atom. The summed E-state index contributed by atoms with van der Waals surface area (Å²) in [5, 5.41) is 13.8. The maximum Gasteiger partial charge on any atom is 0.337 e. The predicted octanol–water partition coefficient (Wildman–Crippen LogP) is 3.88. The quantitative estimate of drug-likeness (QED) is 0.291. The van der Waals surface area contributed by atoms with E-state index in [0.717, 1.165) is 38.4 Å². The second-order valence-corrected chi connectivity index (χ2v) is 8.62. The highest BCUT2D eigenvalue weighted by molar-refractivity contribution is 5.98. The van der Waals surface area contributed by atoms with Gasteiger partial charge in [-0.3, -0.25) is 19.8 Å². The molecule has 0 atom stereocenters. The zero-order valence-electron chi connectivity index (χ0n) is 20.1. The number of carbonyl (C=O) groups excluding carboxylic acids is 2.